The third-order valence-electron chi connectivity index (χ3n) is 3.78. The van der Waals surface area contributed by atoms with Gasteiger partial charge >= 0.3 is 0 Å². The summed E-state index contributed by atoms with van der Waals surface area (Å²) in [6.45, 7) is 3.17. The molecule has 1 fully saturated rings. The number of nitrogens with one attached hydrogen (secondary N) is 1. The highest BCUT2D eigenvalue weighted by Crippen LogP contribution is 2.20. The second-order valence-electron chi connectivity index (χ2n) is 5.60. The van der Waals surface area contributed by atoms with Gasteiger partial charge in [-0.05, 0) is 38.4 Å². The van der Waals surface area contributed by atoms with Crippen LogP contribution in [0, 0.1) is 6.92 Å². The van der Waals surface area contributed by atoms with E-state index in [1.54, 1.807) is 12.4 Å². The van der Waals surface area contributed by atoms with Crippen LogP contribution in [0.2, 0.25) is 0 Å². The molecule has 2 aromatic rings. The number of hydrogen-bond acceptors (Lipinski definition) is 4. The minimum absolute atomic E-state index is 0.516. The van der Waals surface area contributed by atoms with Gasteiger partial charge in [-0.15, -0.1) is 0 Å². The van der Waals surface area contributed by atoms with Gasteiger partial charge in [0.05, 0.1) is 12.4 Å². The number of nitrogens with zero attached hydrogens (tertiary/aromatic N) is 2. The quantitative estimate of drug-likeness (QED) is 0.935. The Morgan fingerprint density at radius 2 is 1.86 bits per heavy atom. The summed E-state index contributed by atoms with van der Waals surface area (Å²) in [5, 5.41) is 3.52. The van der Waals surface area contributed by atoms with Crippen LogP contribution in [0.15, 0.2) is 36.7 Å². The zero-order valence-corrected chi connectivity index (χ0v) is 12.4. The summed E-state index contributed by atoms with van der Waals surface area (Å²) in [4.78, 5) is 8.82. The van der Waals surface area contributed by atoms with Crippen molar-refractivity contribution in [1.29, 1.82) is 0 Å². The first-order valence-corrected chi connectivity index (χ1v) is 7.58. The highest BCUT2D eigenvalue weighted by molar-refractivity contribution is 5.30. The fraction of sp³-hybridized carbons (Fsp3) is 0.412. The molecule has 3 rings (SSSR count). The maximum atomic E-state index is 5.74. The molecule has 0 saturated carbocycles. The lowest BCUT2D eigenvalue weighted by molar-refractivity contribution is 0.393. The summed E-state index contributed by atoms with van der Waals surface area (Å²) in [6, 6.07) is 8.48. The summed E-state index contributed by atoms with van der Waals surface area (Å²) < 4.78 is 5.74. The molecule has 1 N–H and O–H groups in total. The van der Waals surface area contributed by atoms with Gasteiger partial charge in [0.25, 0.3) is 0 Å². The second kappa shape index (κ2) is 6.68. The minimum atomic E-state index is 0.516. The van der Waals surface area contributed by atoms with Crippen LogP contribution in [0.25, 0.3) is 0 Å². The Bertz CT molecular complexity index is 560. The van der Waals surface area contributed by atoms with E-state index in [9.17, 15) is 0 Å². The Balaban J connectivity index is 1.59. The van der Waals surface area contributed by atoms with Gasteiger partial charge in [0.1, 0.15) is 11.6 Å². The molecule has 1 aromatic heterocycles. The SMILES string of the molecule is Cc1ccc(Oc2cnc(CC3CCCCN3)nc2)cc1. The minimum Gasteiger partial charge on any atom is -0.454 e. The topological polar surface area (TPSA) is 47.0 Å². The molecule has 1 aliphatic heterocycles. The van der Waals surface area contributed by atoms with E-state index < -0.39 is 0 Å². The highest BCUT2D eigenvalue weighted by Gasteiger charge is 2.14. The molecule has 1 aromatic carbocycles. The molecule has 1 unspecified atom stereocenters. The van der Waals surface area contributed by atoms with Crippen LogP contribution in [0.5, 0.6) is 11.5 Å². The number of hydrogen-bond donors (Lipinski definition) is 1. The third-order valence-corrected chi connectivity index (χ3v) is 3.78. The zero-order valence-electron chi connectivity index (χ0n) is 12.4. The second-order valence-corrected chi connectivity index (χ2v) is 5.60. The van der Waals surface area contributed by atoms with Crippen molar-refractivity contribution in [1.82, 2.24) is 15.3 Å². The molecule has 0 aliphatic carbocycles. The molecule has 1 saturated heterocycles. The monoisotopic (exact) mass is 283 g/mol. The molecule has 4 nitrogen and oxygen atoms in total. The van der Waals surface area contributed by atoms with E-state index in [0.717, 1.165) is 24.5 Å². The van der Waals surface area contributed by atoms with E-state index in [2.05, 4.69) is 22.2 Å². The molecule has 4 heteroatoms. The van der Waals surface area contributed by atoms with E-state index >= 15 is 0 Å². The lowest BCUT2D eigenvalue weighted by atomic mass is 10.0. The predicted molar refractivity (Wildman–Crippen MR) is 82.6 cm³/mol. The summed E-state index contributed by atoms with van der Waals surface area (Å²) in [5.74, 6) is 2.37. The Labute approximate surface area is 125 Å². The molecule has 0 spiro atoms. The van der Waals surface area contributed by atoms with Crippen molar-refractivity contribution >= 4 is 0 Å². The van der Waals surface area contributed by atoms with Crippen LogP contribution in [0.3, 0.4) is 0 Å². The van der Waals surface area contributed by atoms with Crippen LogP contribution in [0.1, 0.15) is 30.7 Å². The van der Waals surface area contributed by atoms with Crippen LogP contribution >= 0.6 is 0 Å². The fourth-order valence-electron chi connectivity index (χ4n) is 2.56. The Hall–Kier alpha value is -1.94. The standard InChI is InChI=1S/C17H21N3O/c1-13-5-7-15(8-6-13)21-16-11-19-17(20-12-16)10-14-4-2-3-9-18-14/h5-8,11-12,14,18H,2-4,9-10H2,1H3. The van der Waals surface area contributed by atoms with E-state index in [4.69, 9.17) is 4.74 Å². The molecular formula is C17H21N3O. The number of aromatic nitrogens is 2. The molecule has 110 valence electrons. The van der Waals surface area contributed by atoms with Crippen molar-refractivity contribution in [2.45, 2.75) is 38.6 Å². The molecular weight excluding hydrogens is 262 g/mol. The summed E-state index contributed by atoms with van der Waals surface area (Å²) in [5.41, 5.74) is 1.22. The van der Waals surface area contributed by atoms with Gasteiger partial charge in [0.2, 0.25) is 0 Å². The maximum absolute atomic E-state index is 5.74. The molecule has 0 bridgehead atoms. The van der Waals surface area contributed by atoms with Crippen molar-refractivity contribution in [3.05, 3.63) is 48.0 Å². The largest absolute Gasteiger partial charge is 0.454 e. The van der Waals surface area contributed by atoms with Gasteiger partial charge in [0, 0.05) is 12.5 Å². The Morgan fingerprint density at radius 3 is 2.52 bits per heavy atom. The van der Waals surface area contributed by atoms with Crippen molar-refractivity contribution in [2.75, 3.05) is 6.54 Å². The van der Waals surface area contributed by atoms with Gasteiger partial charge < -0.3 is 10.1 Å². The summed E-state index contributed by atoms with van der Waals surface area (Å²) in [7, 11) is 0. The first-order chi connectivity index (χ1) is 10.3. The van der Waals surface area contributed by atoms with Crippen molar-refractivity contribution in [3.8, 4) is 11.5 Å². The first-order valence-electron chi connectivity index (χ1n) is 7.58. The average molecular weight is 283 g/mol. The van der Waals surface area contributed by atoms with Crippen LogP contribution < -0.4 is 10.1 Å². The smallest absolute Gasteiger partial charge is 0.164 e. The lowest BCUT2D eigenvalue weighted by Crippen LogP contribution is -2.36. The maximum Gasteiger partial charge on any atom is 0.164 e. The van der Waals surface area contributed by atoms with Gasteiger partial charge in [-0.1, -0.05) is 24.1 Å². The number of benzene rings is 1. The number of piperidine rings is 1. The predicted octanol–water partition coefficient (Wildman–Crippen LogP) is 3.26. The Morgan fingerprint density at radius 1 is 1.10 bits per heavy atom. The van der Waals surface area contributed by atoms with Crippen molar-refractivity contribution in [2.24, 2.45) is 0 Å². The molecule has 0 amide bonds. The molecule has 1 atom stereocenters. The Kier molecular flexibility index (Phi) is 4.46. The van der Waals surface area contributed by atoms with E-state index in [1.165, 1.54) is 24.8 Å². The van der Waals surface area contributed by atoms with E-state index in [0.29, 0.717) is 11.8 Å². The van der Waals surface area contributed by atoms with Crippen LogP contribution in [0.4, 0.5) is 0 Å². The average Bonchev–Trinajstić information content (AvgIpc) is 2.53. The van der Waals surface area contributed by atoms with Gasteiger partial charge in [-0.25, -0.2) is 9.97 Å². The van der Waals surface area contributed by atoms with Gasteiger partial charge in [0.15, 0.2) is 5.75 Å². The molecule has 2 heterocycles. The van der Waals surface area contributed by atoms with Gasteiger partial charge in [-0.2, -0.15) is 0 Å². The van der Waals surface area contributed by atoms with E-state index in [1.807, 2.05) is 24.3 Å². The number of ether oxygens (including phenoxy) is 1. The first kappa shape index (κ1) is 14.0. The lowest BCUT2D eigenvalue weighted by Gasteiger charge is -2.22. The fourth-order valence-corrected chi connectivity index (χ4v) is 2.56. The normalized spacial score (nSPS) is 18.4. The van der Waals surface area contributed by atoms with Crippen LogP contribution in [-0.2, 0) is 6.42 Å². The zero-order chi connectivity index (χ0) is 14.5. The molecule has 1 aliphatic rings. The molecule has 21 heavy (non-hydrogen) atoms. The summed E-state index contributed by atoms with van der Waals surface area (Å²) in [6.07, 6.45) is 8.19. The number of aryl methyl sites for hydroxylation is 1. The van der Waals surface area contributed by atoms with Crippen molar-refractivity contribution < 1.29 is 4.74 Å². The van der Waals surface area contributed by atoms with Crippen molar-refractivity contribution in [3.63, 3.8) is 0 Å². The van der Waals surface area contributed by atoms with Crippen LogP contribution in [-0.4, -0.2) is 22.6 Å². The van der Waals surface area contributed by atoms with E-state index in [-0.39, 0.29) is 0 Å². The van der Waals surface area contributed by atoms with Gasteiger partial charge in [-0.3, -0.25) is 0 Å². The third kappa shape index (κ3) is 4.02. The highest BCUT2D eigenvalue weighted by atomic mass is 16.5. The number of rotatable bonds is 4. The summed E-state index contributed by atoms with van der Waals surface area (Å²) >= 11 is 0. The molecule has 0 radical (unpaired) electrons.